The number of aromatic nitrogens is 1. The van der Waals surface area contributed by atoms with Gasteiger partial charge in [-0.15, -0.1) is 0 Å². The zero-order valence-electron chi connectivity index (χ0n) is 12.0. The summed E-state index contributed by atoms with van der Waals surface area (Å²) in [5.41, 5.74) is -0.216. The molecule has 2 aromatic carbocycles. The third-order valence-electron chi connectivity index (χ3n) is 3.46. The Bertz CT molecular complexity index is 986. The number of hydrogen-bond acceptors (Lipinski definition) is 6. The quantitative estimate of drug-likeness (QED) is 0.733. The van der Waals surface area contributed by atoms with Gasteiger partial charge < -0.3 is 18.6 Å². The van der Waals surface area contributed by atoms with Crippen molar-refractivity contribution in [1.29, 1.82) is 0 Å². The van der Waals surface area contributed by atoms with Crippen molar-refractivity contribution in [2.75, 3.05) is 6.79 Å². The number of para-hydroxylation sites is 1. The average Bonchev–Trinajstić information content (AvgIpc) is 3.00. The Morgan fingerprint density at radius 2 is 1.88 bits per heavy atom. The summed E-state index contributed by atoms with van der Waals surface area (Å²) in [5, 5.41) is 0.204. The zero-order valence-corrected chi connectivity index (χ0v) is 12.0. The van der Waals surface area contributed by atoms with E-state index in [4.69, 9.17) is 13.9 Å². The molecule has 122 valence electrons. The first-order valence-corrected chi connectivity index (χ1v) is 6.90. The number of fused-ring (bicyclic) bond motifs is 2. The third kappa shape index (κ3) is 2.41. The lowest BCUT2D eigenvalue weighted by Gasteiger charge is -2.09. The molecule has 0 fully saturated rings. The van der Waals surface area contributed by atoms with Crippen LogP contribution in [0, 0.1) is 0 Å². The standard InChI is InChI=1S/C16H9F2NO5/c17-16(18)23-11-4-2-1-3-8(11)14-19-10-6-13-12(21-7-22-13)5-9(10)15(20)24-14/h1-6,16H,7H2. The topological polar surface area (TPSA) is 70.8 Å². The molecule has 1 aromatic heterocycles. The summed E-state index contributed by atoms with van der Waals surface area (Å²) in [7, 11) is 0. The summed E-state index contributed by atoms with van der Waals surface area (Å²) in [6, 6.07) is 8.95. The number of rotatable bonds is 3. The molecule has 4 rings (SSSR count). The maximum atomic E-state index is 12.5. The Hall–Kier alpha value is -3.16. The van der Waals surface area contributed by atoms with Gasteiger partial charge >= 0.3 is 12.2 Å². The average molecular weight is 333 g/mol. The van der Waals surface area contributed by atoms with Crippen LogP contribution in [0.15, 0.2) is 45.6 Å². The summed E-state index contributed by atoms with van der Waals surface area (Å²) in [6.07, 6.45) is 0. The minimum absolute atomic E-state index is 0.0505. The first-order valence-electron chi connectivity index (χ1n) is 6.90. The molecular weight excluding hydrogens is 324 g/mol. The van der Waals surface area contributed by atoms with Crippen LogP contribution >= 0.6 is 0 Å². The highest BCUT2D eigenvalue weighted by Gasteiger charge is 2.20. The molecule has 1 aliphatic rings. The normalized spacial score (nSPS) is 12.8. The fraction of sp³-hybridized carbons (Fsp3) is 0.125. The van der Waals surface area contributed by atoms with Gasteiger partial charge in [0.2, 0.25) is 12.7 Å². The van der Waals surface area contributed by atoms with Crippen molar-refractivity contribution in [3.63, 3.8) is 0 Å². The molecule has 6 nitrogen and oxygen atoms in total. The Balaban J connectivity index is 1.90. The van der Waals surface area contributed by atoms with Crippen LogP contribution in [0.25, 0.3) is 22.4 Å². The van der Waals surface area contributed by atoms with E-state index in [1.165, 1.54) is 30.3 Å². The summed E-state index contributed by atoms with van der Waals surface area (Å²) >= 11 is 0. The summed E-state index contributed by atoms with van der Waals surface area (Å²) in [6.45, 7) is -2.96. The van der Waals surface area contributed by atoms with Crippen molar-refractivity contribution in [3.8, 4) is 28.7 Å². The first-order chi connectivity index (χ1) is 11.6. The van der Waals surface area contributed by atoms with Crippen molar-refractivity contribution in [3.05, 3.63) is 46.8 Å². The van der Waals surface area contributed by atoms with Gasteiger partial charge in [-0.25, -0.2) is 9.78 Å². The van der Waals surface area contributed by atoms with E-state index in [0.717, 1.165) is 0 Å². The third-order valence-corrected chi connectivity index (χ3v) is 3.46. The van der Waals surface area contributed by atoms with Crippen LogP contribution in [0.2, 0.25) is 0 Å². The van der Waals surface area contributed by atoms with Crippen LogP contribution in [-0.4, -0.2) is 18.4 Å². The number of alkyl halides is 2. The van der Waals surface area contributed by atoms with Gasteiger partial charge in [-0.3, -0.25) is 0 Å². The molecule has 3 aromatic rings. The van der Waals surface area contributed by atoms with Crippen molar-refractivity contribution in [1.82, 2.24) is 4.98 Å². The fourth-order valence-electron chi connectivity index (χ4n) is 2.42. The van der Waals surface area contributed by atoms with Gasteiger partial charge in [0.15, 0.2) is 11.5 Å². The minimum atomic E-state index is -3.01. The monoisotopic (exact) mass is 333 g/mol. The Kier molecular flexibility index (Phi) is 3.30. The Morgan fingerprint density at radius 3 is 2.67 bits per heavy atom. The van der Waals surface area contributed by atoms with E-state index in [-0.39, 0.29) is 29.4 Å². The van der Waals surface area contributed by atoms with Crippen molar-refractivity contribution in [2.24, 2.45) is 0 Å². The van der Waals surface area contributed by atoms with Gasteiger partial charge in [-0.05, 0) is 12.1 Å². The number of ether oxygens (including phenoxy) is 3. The zero-order chi connectivity index (χ0) is 16.7. The van der Waals surface area contributed by atoms with E-state index in [0.29, 0.717) is 17.0 Å². The molecule has 0 atom stereocenters. The molecule has 1 aliphatic heterocycles. The molecule has 0 saturated heterocycles. The van der Waals surface area contributed by atoms with Crippen LogP contribution in [0.1, 0.15) is 0 Å². The molecule has 0 unspecified atom stereocenters. The molecule has 2 heterocycles. The van der Waals surface area contributed by atoms with E-state index in [1.807, 2.05) is 0 Å². The molecule has 0 amide bonds. The predicted molar refractivity (Wildman–Crippen MR) is 78.5 cm³/mol. The van der Waals surface area contributed by atoms with Crippen LogP contribution in [0.4, 0.5) is 8.78 Å². The highest BCUT2D eigenvalue weighted by atomic mass is 19.3. The molecule has 0 N–H and O–H groups in total. The van der Waals surface area contributed by atoms with E-state index >= 15 is 0 Å². The van der Waals surface area contributed by atoms with Gasteiger partial charge in [0.1, 0.15) is 5.75 Å². The van der Waals surface area contributed by atoms with E-state index in [2.05, 4.69) is 9.72 Å². The maximum Gasteiger partial charge on any atom is 0.387 e. The lowest BCUT2D eigenvalue weighted by molar-refractivity contribution is -0.0495. The molecule has 0 bridgehead atoms. The summed E-state index contributed by atoms with van der Waals surface area (Å²) < 4.78 is 45.1. The number of halogens is 2. The van der Waals surface area contributed by atoms with E-state index in [9.17, 15) is 13.6 Å². The molecular formula is C16H9F2NO5. The smallest absolute Gasteiger partial charge is 0.387 e. The Morgan fingerprint density at radius 1 is 1.12 bits per heavy atom. The first kappa shape index (κ1) is 14.4. The SMILES string of the molecule is O=c1oc(-c2ccccc2OC(F)F)nc2cc3c(cc12)OCO3. The molecule has 0 radical (unpaired) electrons. The highest BCUT2D eigenvalue weighted by molar-refractivity contribution is 5.83. The highest BCUT2D eigenvalue weighted by Crippen LogP contribution is 2.36. The van der Waals surface area contributed by atoms with Gasteiger partial charge in [0, 0.05) is 12.1 Å². The van der Waals surface area contributed by atoms with Crippen LogP contribution in [0.5, 0.6) is 17.2 Å². The molecule has 8 heteroatoms. The van der Waals surface area contributed by atoms with Gasteiger partial charge in [0.05, 0.1) is 16.5 Å². The van der Waals surface area contributed by atoms with Gasteiger partial charge in [0.25, 0.3) is 0 Å². The van der Waals surface area contributed by atoms with Crippen LogP contribution in [0.3, 0.4) is 0 Å². The second-order valence-electron chi connectivity index (χ2n) is 4.90. The van der Waals surface area contributed by atoms with Crippen LogP contribution < -0.4 is 19.8 Å². The second-order valence-corrected chi connectivity index (χ2v) is 4.90. The van der Waals surface area contributed by atoms with Gasteiger partial charge in [-0.1, -0.05) is 12.1 Å². The fourth-order valence-corrected chi connectivity index (χ4v) is 2.42. The Labute approximate surface area is 133 Å². The molecule has 0 aliphatic carbocycles. The molecule has 24 heavy (non-hydrogen) atoms. The minimum Gasteiger partial charge on any atom is -0.454 e. The van der Waals surface area contributed by atoms with E-state index in [1.54, 1.807) is 6.07 Å². The van der Waals surface area contributed by atoms with E-state index < -0.39 is 12.2 Å². The van der Waals surface area contributed by atoms with Crippen molar-refractivity contribution >= 4 is 10.9 Å². The summed E-state index contributed by atoms with van der Waals surface area (Å²) in [4.78, 5) is 16.4. The number of benzene rings is 2. The van der Waals surface area contributed by atoms with Crippen molar-refractivity contribution in [2.45, 2.75) is 6.61 Å². The summed E-state index contributed by atoms with van der Waals surface area (Å²) in [5.74, 6) is 0.611. The number of hydrogen-bond donors (Lipinski definition) is 0. The second kappa shape index (κ2) is 5.48. The molecule has 0 spiro atoms. The van der Waals surface area contributed by atoms with Crippen molar-refractivity contribution < 1.29 is 27.4 Å². The number of nitrogens with zero attached hydrogens (tertiary/aromatic N) is 1. The predicted octanol–water partition coefficient (Wildman–Crippen LogP) is 3.19. The van der Waals surface area contributed by atoms with Crippen LogP contribution in [-0.2, 0) is 0 Å². The lowest BCUT2D eigenvalue weighted by atomic mass is 10.2. The largest absolute Gasteiger partial charge is 0.454 e. The molecule has 0 saturated carbocycles. The van der Waals surface area contributed by atoms with Gasteiger partial charge in [-0.2, -0.15) is 8.78 Å². The maximum absolute atomic E-state index is 12.5. The lowest BCUT2D eigenvalue weighted by Crippen LogP contribution is -2.06.